The number of benzene rings is 1. The highest BCUT2D eigenvalue weighted by atomic mass is 35.5. The number of alkyl halides is 1. The summed E-state index contributed by atoms with van der Waals surface area (Å²) in [6, 6.07) is 9.42. The van der Waals surface area contributed by atoms with E-state index in [-0.39, 0.29) is 11.1 Å². The lowest BCUT2D eigenvalue weighted by Crippen LogP contribution is -2.09. The van der Waals surface area contributed by atoms with Crippen molar-refractivity contribution in [1.82, 2.24) is 19.6 Å². The molecule has 1 unspecified atom stereocenters. The number of rotatable bonds is 3. The molecule has 6 nitrogen and oxygen atoms in total. The first-order chi connectivity index (χ1) is 9.65. The number of aromatic nitrogens is 4. The quantitative estimate of drug-likeness (QED) is 0.726. The van der Waals surface area contributed by atoms with Crippen molar-refractivity contribution in [2.45, 2.75) is 12.3 Å². The molecule has 0 aliphatic rings. The maximum atomic E-state index is 11.4. The molecule has 1 atom stereocenters. The van der Waals surface area contributed by atoms with Gasteiger partial charge in [0.15, 0.2) is 5.65 Å². The molecule has 1 aromatic carbocycles. The van der Waals surface area contributed by atoms with Crippen LogP contribution in [0.3, 0.4) is 0 Å². The predicted octanol–water partition coefficient (Wildman–Crippen LogP) is 2.46. The van der Waals surface area contributed by atoms with Crippen LogP contribution in [0.4, 0.5) is 11.5 Å². The van der Waals surface area contributed by atoms with Crippen molar-refractivity contribution in [2.75, 3.05) is 5.32 Å². The van der Waals surface area contributed by atoms with E-state index < -0.39 is 0 Å². The number of H-pyrrole nitrogens is 1. The van der Waals surface area contributed by atoms with Crippen LogP contribution in [0.25, 0.3) is 5.65 Å². The molecule has 102 valence electrons. The standard InChI is InChI=1S/C13H12ClN5O/c1-8(14)9-4-2-3-5-10(9)16-11-6-12-17-18-13(20)19(12)7-15-11/h2-8,16H,1H3,(H,18,20). The minimum absolute atomic E-state index is 0.115. The van der Waals surface area contributed by atoms with E-state index in [2.05, 4.69) is 20.5 Å². The van der Waals surface area contributed by atoms with Crippen LogP contribution >= 0.6 is 11.6 Å². The van der Waals surface area contributed by atoms with Crippen LogP contribution in [-0.4, -0.2) is 19.6 Å². The van der Waals surface area contributed by atoms with Gasteiger partial charge in [0.25, 0.3) is 0 Å². The summed E-state index contributed by atoms with van der Waals surface area (Å²) in [6.07, 6.45) is 1.43. The van der Waals surface area contributed by atoms with Gasteiger partial charge >= 0.3 is 5.69 Å². The number of halogens is 1. The second-order valence-electron chi connectivity index (χ2n) is 4.36. The Kier molecular flexibility index (Phi) is 3.15. The topological polar surface area (TPSA) is 75.1 Å². The molecule has 3 aromatic rings. The summed E-state index contributed by atoms with van der Waals surface area (Å²) in [5.74, 6) is 0.598. The second kappa shape index (κ2) is 4.97. The molecule has 0 spiro atoms. The van der Waals surface area contributed by atoms with E-state index in [0.717, 1.165) is 11.3 Å². The maximum Gasteiger partial charge on any atom is 0.348 e. The SMILES string of the molecule is CC(Cl)c1ccccc1Nc1cc2n[nH]c(=O)n2cn1. The third-order valence-electron chi connectivity index (χ3n) is 2.96. The smallest absolute Gasteiger partial charge is 0.340 e. The summed E-state index contributed by atoms with van der Waals surface area (Å²) in [4.78, 5) is 15.5. The molecule has 0 aliphatic heterocycles. The largest absolute Gasteiger partial charge is 0.348 e. The van der Waals surface area contributed by atoms with Crippen molar-refractivity contribution in [3.05, 3.63) is 52.7 Å². The lowest BCUT2D eigenvalue weighted by atomic mass is 10.1. The predicted molar refractivity (Wildman–Crippen MR) is 77.6 cm³/mol. The number of anilines is 2. The first kappa shape index (κ1) is 12.7. The molecular weight excluding hydrogens is 278 g/mol. The lowest BCUT2D eigenvalue weighted by molar-refractivity contribution is 0.997. The molecule has 7 heteroatoms. The number of para-hydroxylation sites is 1. The molecule has 20 heavy (non-hydrogen) atoms. The van der Waals surface area contributed by atoms with Crippen LogP contribution in [-0.2, 0) is 0 Å². The van der Waals surface area contributed by atoms with Crippen molar-refractivity contribution in [3.63, 3.8) is 0 Å². The van der Waals surface area contributed by atoms with Gasteiger partial charge in [-0.2, -0.15) is 5.10 Å². The van der Waals surface area contributed by atoms with Crippen LogP contribution in [0, 0.1) is 0 Å². The Balaban J connectivity index is 1.99. The van der Waals surface area contributed by atoms with Gasteiger partial charge in [0, 0.05) is 11.8 Å². The van der Waals surface area contributed by atoms with Crippen LogP contribution < -0.4 is 11.0 Å². The van der Waals surface area contributed by atoms with Crippen LogP contribution in [0.15, 0.2) is 41.5 Å². The van der Waals surface area contributed by atoms with Crippen molar-refractivity contribution < 1.29 is 0 Å². The van der Waals surface area contributed by atoms with Gasteiger partial charge in [-0.25, -0.2) is 19.3 Å². The van der Waals surface area contributed by atoms with Crippen LogP contribution in [0.5, 0.6) is 0 Å². The fourth-order valence-corrected chi connectivity index (χ4v) is 2.16. The van der Waals surface area contributed by atoms with E-state index in [1.807, 2.05) is 31.2 Å². The average Bonchev–Trinajstić information content (AvgIpc) is 2.80. The zero-order valence-electron chi connectivity index (χ0n) is 10.7. The molecule has 3 rings (SSSR count). The number of fused-ring (bicyclic) bond motifs is 1. The van der Waals surface area contributed by atoms with E-state index in [4.69, 9.17) is 11.6 Å². The molecule has 2 N–H and O–H groups in total. The third kappa shape index (κ3) is 2.25. The maximum absolute atomic E-state index is 11.4. The Labute approximate surface area is 119 Å². The third-order valence-corrected chi connectivity index (χ3v) is 3.20. The van der Waals surface area contributed by atoms with Gasteiger partial charge in [0.2, 0.25) is 0 Å². The minimum atomic E-state index is -0.311. The van der Waals surface area contributed by atoms with E-state index in [1.165, 1.54) is 10.7 Å². The molecule has 0 amide bonds. The van der Waals surface area contributed by atoms with Gasteiger partial charge in [-0.05, 0) is 18.6 Å². The Bertz CT molecular complexity index is 808. The van der Waals surface area contributed by atoms with Crippen molar-refractivity contribution in [3.8, 4) is 0 Å². The van der Waals surface area contributed by atoms with Crippen LogP contribution in [0.1, 0.15) is 17.9 Å². The van der Waals surface area contributed by atoms with Crippen LogP contribution in [0.2, 0.25) is 0 Å². The molecule has 0 radical (unpaired) electrons. The summed E-state index contributed by atoms with van der Waals surface area (Å²) < 4.78 is 1.33. The molecule has 2 aromatic heterocycles. The number of hydrogen-bond donors (Lipinski definition) is 2. The van der Waals surface area contributed by atoms with Gasteiger partial charge in [0.05, 0.1) is 5.38 Å². The monoisotopic (exact) mass is 289 g/mol. The van der Waals surface area contributed by atoms with E-state index in [1.54, 1.807) is 6.07 Å². The Morgan fingerprint density at radius 3 is 3.00 bits per heavy atom. The summed E-state index contributed by atoms with van der Waals surface area (Å²) >= 11 is 6.15. The van der Waals surface area contributed by atoms with E-state index in [0.29, 0.717) is 11.5 Å². The Hall–Kier alpha value is -2.34. The normalized spacial score (nSPS) is 12.5. The number of hydrogen-bond acceptors (Lipinski definition) is 4. The fraction of sp³-hybridized carbons (Fsp3) is 0.154. The first-order valence-corrected chi connectivity index (χ1v) is 6.51. The molecule has 0 saturated heterocycles. The molecule has 0 fully saturated rings. The van der Waals surface area contributed by atoms with E-state index >= 15 is 0 Å². The minimum Gasteiger partial charge on any atom is -0.340 e. The summed E-state index contributed by atoms with van der Waals surface area (Å²) in [5, 5.41) is 9.34. The van der Waals surface area contributed by atoms with Crippen molar-refractivity contribution in [2.24, 2.45) is 0 Å². The number of aromatic amines is 1. The first-order valence-electron chi connectivity index (χ1n) is 6.08. The lowest BCUT2D eigenvalue weighted by Gasteiger charge is -2.12. The highest BCUT2D eigenvalue weighted by Gasteiger charge is 2.09. The van der Waals surface area contributed by atoms with Gasteiger partial charge < -0.3 is 5.32 Å². The Morgan fingerprint density at radius 2 is 2.20 bits per heavy atom. The fourth-order valence-electron chi connectivity index (χ4n) is 1.97. The van der Waals surface area contributed by atoms with Gasteiger partial charge in [-0.3, -0.25) is 0 Å². The molecule has 0 bridgehead atoms. The second-order valence-corrected chi connectivity index (χ2v) is 5.01. The average molecular weight is 290 g/mol. The van der Waals surface area contributed by atoms with E-state index in [9.17, 15) is 4.79 Å². The van der Waals surface area contributed by atoms with Gasteiger partial charge in [-0.1, -0.05) is 18.2 Å². The summed E-state index contributed by atoms with van der Waals surface area (Å²) in [5.41, 5.74) is 2.05. The summed E-state index contributed by atoms with van der Waals surface area (Å²) in [6.45, 7) is 1.91. The van der Waals surface area contributed by atoms with Gasteiger partial charge in [0.1, 0.15) is 12.1 Å². The van der Waals surface area contributed by atoms with Gasteiger partial charge in [-0.15, -0.1) is 11.6 Å². The number of nitrogens with one attached hydrogen (secondary N) is 2. The highest BCUT2D eigenvalue weighted by molar-refractivity contribution is 6.21. The Morgan fingerprint density at radius 1 is 1.40 bits per heavy atom. The zero-order chi connectivity index (χ0) is 14.1. The van der Waals surface area contributed by atoms with Crippen molar-refractivity contribution in [1.29, 1.82) is 0 Å². The van der Waals surface area contributed by atoms with Crippen molar-refractivity contribution >= 4 is 28.8 Å². The molecule has 0 aliphatic carbocycles. The molecule has 2 heterocycles. The summed E-state index contributed by atoms with van der Waals surface area (Å²) in [7, 11) is 0. The molecule has 0 saturated carbocycles. The highest BCUT2D eigenvalue weighted by Crippen LogP contribution is 2.28. The zero-order valence-corrected chi connectivity index (χ0v) is 11.4. The number of nitrogens with zero attached hydrogens (tertiary/aromatic N) is 3. The molecular formula is C13H12ClN5O.